The van der Waals surface area contributed by atoms with Crippen LogP contribution in [0.5, 0.6) is 0 Å². The van der Waals surface area contributed by atoms with Gasteiger partial charge in [-0.3, -0.25) is 4.98 Å². The zero-order valence-corrected chi connectivity index (χ0v) is 10.5. The predicted molar refractivity (Wildman–Crippen MR) is 74.4 cm³/mol. The standard InChI is InChI=1S/C13H15N3.ClH/c1-15-13-9-16-7-6-12(13)11-5-3-2-4-10(11)8-14;/h2-7,9,15H,8,14H2,1H3;1H. The molecule has 0 saturated carbocycles. The Labute approximate surface area is 107 Å². The number of aromatic nitrogens is 1. The average molecular weight is 250 g/mol. The van der Waals surface area contributed by atoms with Gasteiger partial charge in [-0.15, -0.1) is 12.4 Å². The monoisotopic (exact) mass is 249 g/mol. The second-order valence-electron chi connectivity index (χ2n) is 3.53. The van der Waals surface area contributed by atoms with Gasteiger partial charge in [0.1, 0.15) is 0 Å². The molecule has 0 aliphatic rings. The van der Waals surface area contributed by atoms with Crippen molar-refractivity contribution >= 4 is 18.1 Å². The van der Waals surface area contributed by atoms with E-state index >= 15 is 0 Å². The molecule has 0 amide bonds. The van der Waals surface area contributed by atoms with Crippen molar-refractivity contribution in [3.05, 3.63) is 48.3 Å². The van der Waals surface area contributed by atoms with Gasteiger partial charge in [0.2, 0.25) is 0 Å². The molecule has 17 heavy (non-hydrogen) atoms. The summed E-state index contributed by atoms with van der Waals surface area (Å²) in [5.41, 5.74) is 10.2. The smallest absolute Gasteiger partial charge is 0.0603 e. The zero-order chi connectivity index (χ0) is 11.4. The molecule has 1 aromatic carbocycles. The van der Waals surface area contributed by atoms with Gasteiger partial charge < -0.3 is 11.1 Å². The van der Waals surface area contributed by atoms with Crippen LogP contribution in [0.2, 0.25) is 0 Å². The molecule has 2 rings (SSSR count). The minimum absolute atomic E-state index is 0. The van der Waals surface area contributed by atoms with Crippen molar-refractivity contribution < 1.29 is 0 Å². The lowest BCUT2D eigenvalue weighted by molar-refractivity contribution is 1.07. The first kappa shape index (κ1) is 13.5. The lowest BCUT2D eigenvalue weighted by Crippen LogP contribution is -2.00. The SMILES string of the molecule is CNc1cnccc1-c1ccccc1CN.Cl. The van der Waals surface area contributed by atoms with Gasteiger partial charge in [0.05, 0.1) is 11.9 Å². The van der Waals surface area contributed by atoms with Gasteiger partial charge in [0.25, 0.3) is 0 Å². The fraction of sp³-hybridized carbons (Fsp3) is 0.154. The normalized spacial score (nSPS) is 9.53. The molecule has 0 bridgehead atoms. The summed E-state index contributed by atoms with van der Waals surface area (Å²) in [6.07, 6.45) is 3.62. The van der Waals surface area contributed by atoms with Crippen LogP contribution in [0, 0.1) is 0 Å². The highest BCUT2D eigenvalue weighted by Gasteiger charge is 2.06. The summed E-state index contributed by atoms with van der Waals surface area (Å²) < 4.78 is 0. The quantitative estimate of drug-likeness (QED) is 0.879. The van der Waals surface area contributed by atoms with E-state index in [1.807, 2.05) is 31.4 Å². The van der Waals surface area contributed by atoms with Gasteiger partial charge in [0.15, 0.2) is 0 Å². The van der Waals surface area contributed by atoms with E-state index in [0.29, 0.717) is 6.54 Å². The molecule has 0 atom stereocenters. The Hall–Kier alpha value is -1.58. The topological polar surface area (TPSA) is 50.9 Å². The van der Waals surface area contributed by atoms with Crippen molar-refractivity contribution in [2.45, 2.75) is 6.54 Å². The number of halogens is 1. The molecule has 0 fully saturated rings. The highest BCUT2D eigenvalue weighted by Crippen LogP contribution is 2.29. The van der Waals surface area contributed by atoms with Crippen molar-refractivity contribution in [3.63, 3.8) is 0 Å². The number of rotatable bonds is 3. The van der Waals surface area contributed by atoms with Crippen LogP contribution in [-0.2, 0) is 6.54 Å². The number of nitrogens with one attached hydrogen (secondary N) is 1. The summed E-state index contributed by atoms with van der Waals surface area (Å²) >= 11 is 0. The van der Waals surface area contributed by atoms with Gasteiger partial charge in [-0.2, -0.15) is 0 Å². The fourth-order valence-electron chi connectivity index (χ4n) is 1.79. The first-order valence-corrected chi connectivity index (χ1v) is 5.27. The molecule has 4 heteroatoms. The molecular weight excluding hydrogens is 234 g/mol. The van der Waals surface area contributed by atoms with Crippen molar-refractivity contribution in [3.8, 4) is 11.1 Å². The van der Waals surface area contributed by atoms with Crippen LogP contribution in [0.1, 0.15) is 5.56 Å². The van der Waals surface area contributed by atoms with Crippen LogP contribution in [0.25, 0.3) is 11.1 Å². The maximum atomic E-state index is 5.74. The van der Waals surface area contributed by atoms with E-state index in [2.05, 4.69) is 22.4 Å². The Morgan fingerprint density at radius 3 is 2.65 bits per heavy atom. The van der Waals surface area contributed by atoms with Gasteiger partial charge in [-0.1, -0.05) is 24.3 Å². The van der Waals surface area contributed by atoms with Crippen LogP contribution in [0.15, 0.2) is 42.7 Å². The van der Waals surface area contributed by atoms with Crippen molar-refractivity contribution in [2.75, 3.05) is 12.4 Å². The fourth-order valence-corrected chi connectivity index (χ4v) is 1.79. The number of nitrogens with zero attached hydrogens (tertiary/aromatic N) is 1. The predicted octanol–water partition coefficient (Wildman–Crippen LogP) is 2.67. The number of hydrogen-bond acceptors (Lipinski definition) is 3. The van der Waals surface area contributed by atoms with E-state index in [-0.39, 0.29) is 12.4 Å². The Bertz CT molecular complexity index is 440. The zero-order valence-electron chi connectivity index (χ0n) is 9.68. The molecule has 90 valence electrons. The van der Waals surface area contributed by atoms with Gasteiger partial charge in [0, 0.05) is 25.4 Å². The van der Waals surface area contributed by atoms with E-state index in [0.717, 1.165) is 22.4 Å². The lowest BCUT2D eigenvalue weighted by Gasteiger charge is -2.11. The summed E-state index contributed by atoms with van der Waals surface area (Å²) in [7, 11) is 1.89. The molecule has 3 nitrogen and oxygen atoms in total. The van der Waals surface area contributed by atoms with Crippen molar-refractivity contribution in [2.24, 2.45) is 5.73 Å². The Balaban J connectivity index is 0.00000144. The molecule has 2 aromatic rings. The van der Waals surface area contributed by atoms with Crippen molar-refractivity contribution in [1.82, 2.24) is 4.98 Å². The highest BCUT2D eigenvalue weighted by molar-refractivity contribution is 5.85. The van der Waals surface area contributed by atoms with E-state index < -0.39 is 0 Å². The number of benzene rings is 1. The molecular formula is C13H16ClN3. The molecule has 3 N–H and O–H groups in total. The van der Waals surface area contributed by atoms with Gasteiger partial charge in [-0.25, -0.2) is 0 Å². The number of nitrogens with two attached hydrogens (primary N) is 1. The number of hydrogen-bond donors (Lipinski definition) is 2. The maximum Gasteiger partial charge on any atom is 0.0603 e. The Morgan fingerprint density at radius 2 is 1.94 bits per heavy atom. The minimum Gasteiger partial charge on any atom is -0.386 e. The van der Waals surface area contributed by atoms with E-state index in [4.69, 9.17) is 5.73 Å². The second kappa shape index (κ2) is 6.23. The summed E-state index contributed by atoms with van der Waals surface area (Å²) in [6.45, 7) is 0.543. The summed E-state index contributed by atoms with van der Waals surface area (Å²) in [6, 6.07) is 10.2. The first-order chi connectivity index (χ1) is 7.86. The summed E-state index contributed by atoms with van der Waals surface area (Å²) in [5.74, 6) is 0. The van der Waals surface area contributed by atoms with Gasteiger partial charge >= 0.3 is 0 Å². The molecule has 0 aliphatic heterocycles. The highest BCUT2D eigenvalue weighted by atomic mass is 35.5. The van der Waals surface area contributed by atoms with E-state index in [1.165, 1.54) is 0 Å². The molecule has 0 aliphatic carbocycles. The Kier molecular flexibility index (Phi) is 4.94. The van der Waals surface area contributed by atoms with E-state index in [1.54, 1.807) is 6.20 Å². The largest absolute Gasteiger partial charge is 0.386 e. The minimum atomic E-state index is 0. The van der Waals surface area contributed by atoms with Gasteiger partial charge in [-0.05, 0) is 17.2 Å². The molecule has 0 unspecified atom stereocenters. The molecule has 0 saturated heterocycles. The molecule has 1 aromatic heterocycles. The molecule has 0 radical (unpaired) electrons. The lowest BCUT2D eigenvalue weighted by atomic mass is 9.99. The van der Waals surface area contributed by atoms with Crippen molar-refractivity contribution in [1.29, 1.82) is 0 Å². The third kappa shape index (κ3) is 2.75. The van der Waals surface area contributed by atoms with Crippen LogP contribution in [0.4, 0.5) is 5.69 Å². The number of anilines is 1. The first-order valence-electron chi connectivity index (χ1n) is 5.27. The third-order valence-corrected chi connectivity index (χ3v) is 2.62. The average Bonchev–Trinajstić information content (AvgIpc) is 2.38. The molecule has 1 heterocycles. The van der Waals surface area contributed by atoms with Crippen LogP contribution < -0.4 is 11.1 Å². The van der Waals surface area contributed by atoms with Crippen LogP contribution in [0.3, 0.4) is 0 Å². The second-order valence-corrected chi connectivity index (χ2v) is 3.53. The molecule has 0 spiro atoms. The Morgan fingerprint density at radius 1 is 1.18 bits per heavy atom. The van der Waals surface area contributed by atoms with Crippen LogP contribution >= 0.6 is 12.4 Å². The summed E-state index contributed by atoms with van der Waals surface area (Å²) in [4.78, 5) is 4.10. The third-order valence-electron chi connectivity index (χ3n) is 2.62. The maximum absolute atomic E-state index is 5.74. The number of pyridine rings is 1. The summed E-state index contributed by atoms with van der Waals surface area (Å²) in [5, 5.41) is 3.14. The van der Waals surface area contributed by atoms with Crippen LogP contribution in [-0.4, -0.2) is 12.0 Å². The van der Waals surface area contributed by atoms with E-state index in [9.17, 15) is 0 Å².